The summed E-state index contributed by atoms with van der Waals surface area (Å²) in [6.07, 6.45) is 1.11. The third-order valence-corrected chi connectivity index (χ3v) is 2.91. The first kappa shape index (κ1) is 12.6. The van der Waals surface area contributed by atoms with Gasteiger partial charge in [-0.05, 0) is 37.1 Å². The lowest BCUT2D eigenvalue weighted by Crippen LogP contribution is -1.99. The summed E-state index contributed by atoms with van der Waals surface area (Å²) in [6.45, 7) is 3.89. The van der Waals surface area contributed by atoms with E-state index in [9.17, 15) is 4.79 Å². The SMILES string of the molecule is Cc1cc(Br)cc(C)c1Nc1nc(C(=O)O)co1. The second kappa shape index (κ2) is 4.81. The Balaban J connectivity index is 2.31. The van der Waals surface area contributed by atoms with Crippen molar-refractivity contribution >= 4 is 33.6 Å². The molecule has 1 aromatic heterocycles. The highest BCUT2D eigenvalue weighted by molar-refractivity contribution is 9.10. The van der Waals surface area contributed by atoms with E-state index in [1.165, 1.54) is 0 Å². The van der Waals surface area contributed by atoms with Crippen molar-refractivity contribution in [3.63, 3.8) is 0 Å². The number of aryl methyl sites for hydroxylation is 2. The number of hydrogen-bond acceptors (Lipinski definition) is 4. The van der Waals surface area contributed by atoms with Crippen LogP contribution in [0.3, 0.4) is 0 Å². The molecule has 0 fully saturated rings. The monoisotopic (exact) mass is 310 g/mol. The minimum absolute atomic E-state index is 0.120. The van der Waals surface area contributed by atoms with Crippen molar-refractivity contribution in [1.82, 2.24) is 4.98 Å². The second-order valence-corrected chi connectivity index (χ2v) is 4.80. The van der Waals surface area contributed by atoms with Gasteiger partial charge in [0.05, 0.1) is 0 Å². The molecule has 0 amide bonds. The molecule has 0 bridgehead atoms. The zero-order chi connectivity index (χ0) is 13.3. The van der Waals surface area contributed by atoms with E-state index in [0.717, 1.165) is 27.6 Å². The maximum Gasteiger partial charge on any atom is 0.357 e. The number of hydrogen-bond donors (Lipinski definition) is 2. The fraction of sp³-hybridized carbons (Fsp3) is 0.167. The van der Waals surface area contributed by atoms with E-state index in [2.05, 4.69) is 26.2 Å². The summed E-state index contributed by atoms with van der Waals surface area (Å²) in [4.78, 5) is 14.5. The summed E-state index contributed by atoms with van der Waals surface area (Å²) in [5, 5.41) is 11.7. The van der Waals surface area contributed by atoms with Crippen LogP contribution in [0.15, 0.2) is 27.3 Å². The Kier molecular flexibility index (Phi) is 3.38. The third kappa shape index (κ3) is 2.53. The lowest BCUT2D eigenvalue weighted by molar-refractivity contribution is 0.0690. The molecule has 0 spiro atoms. The molecule has 0 aliphatic heterocycles. The average molecular weight is 311 g/mol. The zero-order valence-corrected chi connectivity index (χ0v) is 11.4. The number of aromatic nitrogens is 1. The topological polar surface area (TPSA) is 75.4 Å². The highest BCUT2D eigenvalue weighted by Crippen LogP contribution is 2.27. The first-order valence-corrected chi connectivity index (χ1v) is 5.99. The van der Waals surface area contributed by atoms with Crippen molar-refractivity contribution in [3.8, 4) is 0 Å². The van der Waals surface area contributed by atoms with Gasteiger partial charge in [0.2, 0.25) is 0 Å². The summed E-state index contributed by atoms with van der Waals surface area (Å²) in [5.41, 5.74) is 2.76. The van der Waals surface area contributed by atoms with Gasteiger partial charge >= 0.3 is 5.97 Å². The average Bonchev–Trinajstić information content (AvgIpc) is 2.71. The van der Waals surface area contributed by atoms with Crippen LogP contribution in [0.2, 0.25) is 0 Å². The minimum Gasteiger partial charge on any atom is -0.476 e. The Hall–Kier alpha value is -1.82. The normalized spacial score (nSPS) is 10.4. The molecule has 0 unspecified atom stereocenters. The molecule has 2 N–H and O–H groups in total. The second-order valence-electron chi connectivity index (χ2n) is 3.88. The predicted molar refractivity (Wildman–Crippen MR) is 70.4 cm³/mol. The highest BCUT2D eigenvalue weighted by Gasteiger charge is 2.12. The van der Waals surface area contributed by atoms with Crippen LogP contribution >= 0.6 is 15.9 Å². The van der Waals surface area contributed by atoms with Crippen LogP contribution in [0.4, 0.5) is 11.7 Å². The number of oxazole rings is 1. The summed E-state index contributed by atoms with van der Waals surface area (Å²) in [6, 6.07) is 4.08. The number of nitrogens with zero attached hydrogens (tertiary/aromatic N) is 1. The highest BCUT2D eigenvalue weighted by atomic mass is 79.9. The van der Waals surface area contributed by atoms with Gasteiger partial charge in [-0.2, -0.15) is 4.98 Å². The van der Waals surface area contributed by atoms with E-state index < -0.39 is 5.97 Å². The molecule has 0 saturated carbocycles. The van der Waals surface area contributed by atoms with Gasteiger partial charge < -0.3 is 14.8 Å². The fourth-order valence-electron chi connectivity index (χ4n) is 1.64. The first-order chi connectivity index (χ1) is 8.47. The molecule has 1 aromatic carbocycles. The van der Waals surface area contributed by atoms with Crippen LogP contribution < -0.4 is 5.32 Å². The number of nitrogens with one attached hydrogen (secondary N) is 1. The fourth-order valence-corrected chi connectivity index (χ4v) is 2.33. The number of halogens is 1. The molecule has 1 heterocycles. The molecule has 2 rings (SSSR count). The molecular formula is C12H11BrN2O3. The van der Waals surface area contributed by atoms with Crippen molar-refractivity contribution in [3.05, 3.63) is 39.7 Å². The molecule has 6 heteroatoms. The maximum absolute atomic E-state index is 10.7. The number of aromatic carboxylic acids is 1. The van der Waals surface area contributed by atoms with E-state index >= 15 is 0 Å². The zero-order valence-electron chi connectivity index (χ0n) is 9.82. The molecule has 18 heavy (non-hydrogen) atoms. The summed E-state index contributed by atoms with van der Waals surface area (Å²) in [7, 11) is 0. The smallest absolute Gasteiger partial charge is 0.357 e. The van der Waals surface area contributed by atoms with Crippen molar-refractivity contribution < 1.29 is 14.3 Å². The number of benzene rings is 1. The number of carboxylic acid groups (broad SMARTS) is 1. The minimum atomic E-state index is -1.11. The van der Waals surface area contributed by atoms with E-state index in [0.29, 0.717) is 0 Å². The van der Waals surface area contributed by atoms with Gasteiger partial charge in [-0.15, -0.1) is 0 Å². The summed E-state index contributed by atoms with van der Waals surface area (Å²) < 4.78 is 6.04. The number of carbonyl (C=O) groups is 1. The van der Waals surface area contributed by atoms with E-state index in [1.807, 2.05) is 26.0 Å². The quantitative estimate of drug-likeness (QED) is 0.907. The molecule has 94 valence electrons. The standard InChI is InChI=1S/C12H11BrN2O3/c1-6-3-8(13)4-7(2)10(6)15-12-14-9(5-18-12)11(16)17/h3-5H,1-2H3,(H,14,15)(H,16,17). The van der Waals surface area contributed by atoms with Gasteiger partial charge in [0, 0.05) is 10.2 Å². The van der Waals surface area contributed by atoms with Gasteiger partial charge in [-0.25, -0.2) is 4.79 Å². The van der Waals surface area contributed by atoms with Crippen LogP contribution in [0, 0.1) is 13.8 Å². The van der Waals surface area contributed by atoms with Crippen molar-refractivity contribution in [2.75, 3.05) is 5.32 Å². The van der Waals surface area contributed by atoms with Crippen molar-refractivity contribution in [2.45, 2.75) is 13.8 Å². The molecule has 0 atom stereocenters. The van der Waals surface area contributed by atoms with Crippen LogP contribution in [0.5, 0.6) is 0 Å². The Morgan fingerprint density at radius 2 is 2.00 bits per heavy atom. The Morgan fingerprint density at radius 3 is 2.50 bits per heavy atom. The molecule has 5 nitrogen and oxygen atoms in total. The number of carboxylic acids is 1. The van der Waals surface area contributed by atoms with Gasteiger partial charge in [-0.1, -0.05) is 15.9 Å². The van der Waals surface area contributed by atoms with Crippen molar-refractivity contribution in [2.24, 2.45) is 0 Å². The molecular weight excluding hydrogens is 300 g/mol. The number of anilines is 2. The van der Waals surface area contributed by atoms with Crippen LogP contribution in [0.1, 0.15) is 21.6 Å². The molecule has 0 aliphatic carbocycles. The maximum atomic E-state index is 10.7. The molecule has 0 saturated heterocycles. The summed E-state index contributed by atoms with van der Waals surface area (Å²) in [5.74, 6) is -1.11. The predicted octanol–water partition coefficient (Wildman–Crippen LogP) is 3.50. The van der Waals surface area contributed by atoms with Crippen LogP contribution in [0.25, 0.3) is 0 Å². The Labute approximate surface area is 112 Å². The third-order valence-electron chi connectivity index (χ3n) is 2.45. The van der Waals surface area contributed by atoms with Crippen LogP contribution in [-0.4, -0.2) is 16.1 Å². The molecule has 0 radical (unpaired) electrons. The van der Waals surface area contributed by atoms with Gasteiger partial charge in [-0.3, -0.25) is 0 Å². The van der Waals surface area contributed by atoms with Gasteiger partial charge in [0.25, 0.3) is 6.01 Å². The van der Waals surface area contributed by atoms with E-state index in [1.54, 1.807) is 0 Å². The largest absolute Gasteiger partial charge is 0.476 e. The lowest BCUT2D eigenvalue weighted by atomic mass is 10.1. The van der Waals surface area contributed by atoms with E-state index in [4.69, 9.17) is 9.52 Å². The lowest BCUT2D eigenvalue weighted by Gasteiger charge is -2.10. The van der Waals surface area contributed by atoms with Crippen LogP contribution in [-0.2, 0) is 0 Å². The molecule has 2 aromatic rings. The number of rotatable bonds is 3. The Bertz CT molecular complexity index is 584. The Morgan fingerprint density at radius 1 is 1.39 bits per heavy atom. The van der Waals surface area contributed by atoms with Crippen molar-refractivity contribution in [1.29, 1.82) is 0 Å². The van der Waals surface area contributed by atoms with Gasteiger partial charge in [0.15, 0.2) is 5.69 Å². The summed E-state index contributed by atoms with van der Waals surface area (Å²) >= 11 is 3.41. The van der Waals surface area contributed by atoms with Gasteiger partial charge in [0.1, 0.15) is 6.26 Å². The van der Waals surface area contributed by atoms with E-state index in [-0.39, 0.29) is 11.7 Å². The molecule has 0 aliphatic rings. The first-order valence-electron chi connectivity index (χ1n) is 5.20.